The summed E-state index contributed by atoms with van der Waals surface area (Å²) >= 11 is 6.06. The van der Waals surface area contributed by atoms with Crippen molar-refractivity contribution >= 4 is 11.6 Å². The Balaban J connectivity index is 1.85. The second-order valence-electron chi connectivity index (χ2n) is 5.88. The van der Waals surface area contributed by atoms with Crippen LogP contribution in [0, 0.1) is 12.3 Å². The van der Waals surface area contributed by atoms with E-state index in [0.29, 0.717) is 0 Å². The van der Waals surface area contributed by atoms with Gasteiger partial charge in [-0.3, -0.25) is 9.80 Å². The van der Waals surface area contributed by atoms with Crippen molar-refractivity contribution < 1.29 is 0 Å². The van der Waals surface area contributed by atoms with E-state index in [1.54, 1.807) is 0 Å². The minimum absolute atomic E-state index is 0.265. The lowest BCUT2D eigenvalue weighted by Crippen LogP contribution is -2.47. The Morgan fingerprint density at radius 1 is 0.913 bits per heavy atom. The first-order valence-corrected chi connectivity index (χ1v) is 8.36. The van der Waals surface area contributed by atoms with E-state index in [0.717, 1.165) is 37.7 Å². The highest BCUT2D eigenvalue weighted by molar-refractivity contribution is 6.30. The lowest BCUT2D eigenvalue weighted by atomic mass is 9.96. The zero-order chi connectivity index (χ0) is 16.1. The van der Waals surface area contributed by atoms with E-state index in [4.69, 9.17) is 18.0 Å². The standard InChI is InChI=1S/C20H21ClN2/c1-2-12-22-13-15-23(16-14-22)20(17-6-4-3-5-7-17)18-8-10-19(21)11-9-18/h1,3-11,20H,12-16H2. The van der Waals surface area contributed by atoms with E-state index in [2.05, 4.69) is 58.2 Å². The van der Waals surface area contributed by atoms with Crippen LogP contribution in [0.25, 0.3) is 0 Å². The van der Waals surface area contributed by atoms with E-state index < -0.39 is 0 Å². The van der Waals surface area contributed by atoms with Crippen LogP contribution in [-0.2, 0) is 0 Å². The van der Waals surface area contributed by atoms with Crippen LogP contribution in [0.5, 0.6) is 0 Å². The van der Waals surface area contributed by atoms with Gasteiger partial charge in [0.2, 0.25) is 0 Å². The summed E-state index contributed by atoms with van der Waals surface area (Å²) in [6, 6.07) is 19.2. The molecule has 0 bridgehead atoms. The maximum atomic E-state index is 6.06. The van der Waals surface area contributed by atoms with Gasteiger partial charge in [-0.05, 0) is 23.3 Å². The Morgan fingerprint density at radius 2 is 1.52 bits per heavy atom. The first-order chi connectivity index (χ1) is 11.3. The molecule has 1 aliphatic heterocycles. The molecule has 3 rings (SSSR count). The number of halogens is 1. The summed E-state index contributed by atoms with van der Waals surface area (Å²) in [4.78, 5) is 4.87. The van der Waals surface area contributed by atoms with Gasteiger partial charge in [0, 0.05) is 31.2 Å². The Morgan fingerprint density at radius 3 is 2.13 bits per heavy atom. The summed E-state index contributed by atoms with van der Waals surface area (Å²) in [7, 11) is 0. The van der Waals surface area contributed by atoms with Gasteiger partial charge in [0.1, 0.15) is 0 Å². The van der Waals surface area contributed by atoms with Crippen molar-refractivity contribution in [1.29, 1.82) is 0 Å². The van der Waals surface area contributed by atoms with E-state index >= 15 is 0 Å². The van der Waals surface area contributed by atoms with Crippen LogP contribution >= 0.6 is 11.6 Å². The molecular weight excluding hydrogens is 304 g/mol. The van der Waals surface area contributed by atoms with Crippen LogP contribution in [0.4, 0.5) is 0 Å². The summed E-state index contributed by atoms with van der Waals surface area (Å²) in [6.07, 6.45) is 5.43. The predicted octanol–water partition coefficient (Wildman–Crippen LogP) is 3.68. The molecule has 118 valence electrons. The SMILES string of the molecule is C#CCN1CCN(C(c2ccccc2)c2ccc(Cl)cc2)CC1. The van der Waals surface area contributed by atoms with Gasteiger partial charge in [-0.1, -0.05) is 60.0 Å². The minimum atomic E-state index is 0.265. The van der Waals surface area contributed by atoms with Crippen molar-refractivity contribution in [3.63, 3.8) is 0 Å². The molecule has 0 aromatic heterocycles. The number of benzene rings is 2. The van der Waals surface area contributed by atoms with E-state index in [1.807, 2.05) is 12.1 Å². The molecular formula is C20H21ClN2. The quantitative estimate of drug-likeness (QED) is 0.792. The van der Waals surface area contributed by atoms with Gasteiger partial charge in [-0.15, -0.1) is 6.42 Å². The summed E-state index contributed by atoms with van der Waals surface area (Å²) in [5, 5.41) is 0.777. The highest BCUT2D eigenvalue weighted by Gasteiger charge is 2.25. The fraction of sp³-hybridized carbons (Fsp3) is 0.300. The zero-order valence-electron chi connectivity index (χ0n) is 13.2. The highest BCUT2D eigenvalue weighted by atomic mass is 35.5. The molecule has 1 saturated heterocycles. The smallest absolute Gasteiger partial charge is 0.0602 e. The Bertz CT molecular complexity index is 652. The molecule has 1 fully saturated rings. The van der Waals surface area contributed by atoms with Crippen LogP contribution in [0.3, 0.4) is 0 Å². The third-order valence-corrected chi connectivity index (χ3v) is 4.64. The van der Waals surface area contributed by atoms with Crippen LogP contribution in [-0.4, -0.2) is 42.5 Å². The van der Waals surface area contributed by atoms with Gasteiger partial charge in [0.15, 0.2) is 0 Å². The number of hydrogen-bond donors (Lipinski definition) is 0. The summed E-state index contributed by atoms with van der Waals surface area (Å²) in [6.45, 7) is 4.81. The Kier molecular flexibility index (Phi) is 5.35. The molecule has 1 aliphatic rings. The van der Waals surface area contributed by atoms with E-state index in [1.165, 1.54) is 11.1 Å². The first kappa shape index (κ1) is 16.1. The average Bonchev–Trinajstić information content (AvgIpc) is 2.60. The summed E-state index contributed by atoms with van der Waals surface area (Å²) < 4.78 is 0. The topological polar surface area (TPSA) is 6.48 Å². The van der Waals surface area contributed by atoms with E-state index in [-0.39, 0.29) is 6.04 Å². The molecule has 3 heteroatoms. The van der Waals surface area contributed by atoms with Crippen molar-refractivity contribution in [2.45, 2.75) is 6.04 Å². The second kappa shape index (κ2) is 7.66. The average molecular weight is 325 g/mol. The molecule has 0 N–H and O–H groups in total. The number of rotatable bonds is 4. The van der Waals surface area contributed by atoms with E-state index in [9.17, 15) is 0 Å². The third-order valence-electron chi connectivity index (χ3n) is 4.39. The normalized spacial score (nSPS) is 17.6. The minimum Gasteiger partial charge on any atom is -0.290 e. The second-order valence-corrected chi connectivity index (χ2v) is 6.32. The molecule has 0 saturated carbocycles. The fourth-order valence-electron chi connectivity index (χ4n) is 3.20. The van der Waals surface area contributed by atoms with Gasteiger partial charge in [0.25, 0.3) is 0 Å². The summed E-state index contributed by atoms with van der Waals surface area (Å²) in [5.41, 5.74) is 2.60. The molecule has 2 aromatic rings. The summed E-state index contributed by atoms with van der Waals surface area (Å²) in [5.74, 6) is 2.74. The Hall–Kier alpha value is -1.79. The van der Waals surface area contributed by atoms with Gasteiger partial charge in [0.05, 0.1) is 12.6 Å². The molecule has 1 unspecified atom stereocenters. The monoisotopic (exact) mass is 324 g/mol. The molecule has 0 radical (unpaired) electrons. The molecule has 0 amide bonds. The predicted molar refractivity (Wildman–Crippen MR) is 96.6 cm³/mol. The Labute approximate surface area is 143 Å². The molecule has 0 spiro atoms. The van der Waals surface area contributed by atoms with Crippen molar-refractivity contribution in [2.24, 2.45) is 0 Å². The van der Waals surface area contributed by atoms with Crippen molar-refractivity contribution in [3.05, 3.63) is 70.7 Å². The van der Waals surface area contributed by atoms with Gasteiger partial charge < -0.3 is 0 Å². The molecule has 0 aliphatic carbocycles. The van der Waals surface area contributed by atoms with Gasteiger partial charge >= 0.3 is 0 Å². The molecule has 23 heavy (non-hydrogen) atoms. The molecule has 1 heterocycles. The number of hydrogen-bond acceptors (Lipinski definition) is 2. The van der Waals surface area contributed by atoms with Gasteiger partial charge in [-0.25, -0.2) is 0 Å². The third kappa shape index (κ3) is 3.95. The van der Waals surface area contributed by atoms with Crippen molar-refractivity contribution in [3.8, 4) is 12.3 Å². The molecule has 1 atom stereocenters. The van der Waals surface area contributed by atoms with Crippen LogP contribution in [0.15, 0.2) is 54.6 Å². The van der Waals surface area contributed by atoms with Crippen molar-refractivity contribution in [1.82, 2.24) is 9.80 Å². The number of nitrogens with zero attached hydrogens (tertiary/aromatic N) is 2. The molecule has 2 nitrogen and oxygen atoms in total. The molecule has 2 aromatic carbocycles. The zero-order valence-corrected chi connectivity index (χ0v) is 13.9. The lowest BCUT2D eigenvalue weighted by Gasteiger charge is -2.39. The maximum absolute atomic E-state index is 6.06. The van der Waals surface area contributed by atoms with Crippen molar-refractivity contribution in [2.75, 3.05) is 32.7 Å². The van der Waals surface area contributed by atoms with Gasteiger partial charge in [-0.2, -0.15) is 0 Å². The van der Waals surface area contributed by atoms with Crippen LogP contribution in [0.2, 0.25) is 5.02 Å². The fourth-order valence-corrected chi connectivity index (χ4v) is 3.33. The lowest BCUT2D eigenvalue weighted by molar-refractivity contribution is 0.119. The number of piperazine rings is 1. The van der Waals surface area contributed by atoms with Crippen LogP contribution < -0.4 is 0 Å². The first-order valence-electron chi connectivity index (χ1n) is 7.98. The van der Waals surface area contributed by atoms with Crippen LogP contribution in [0.1, 0.15) is 17.2 Å². The largest absolute Gasteiger partial charge is 0.290 e. The maximum Gasteiger partial charge on any atom is 0.0602 e. The number of terminal acetylenes is 1. The highest BCUT2D eigenvalue weighted by Crippen LogP contribution is 2.30.